The summed E-state index contributed by atoms with van der Waals surface area (Å²) in [4.78, 5) is 16.2. The molecule has 0 spiro atoms. The summed E-state index contributed by atoms with van der Waals surface area (Å²) in [6.07, 6.45) is 5.73. The Hall–Kier alpha value is -7.27. The van der Waals surface area contributed by atoms with E-state index in [1.807, 2.05) is 0 Å². The summed E-state index contributed by atoms with van der Waals surface area (Å²) in [7, 11) is 0. The number of fused-ring (bicyclic) bond motifs is 4. The first-order valence-corrected chi connectivity index (χ1v) is 21.4. The first kappa shape index (κ1) is 35.9. The summed E-state index contributed by atoms with van der Waals surface area (Å²) in [5.74, 6) is 2.36. The lowest BCUT2D eigenvalue weighted by Gasteiger charge is -2.21. The van der Waals surface area contributed by atoms with Crippen molar-refractivity contribution >= 4 is 53.4 Å². The van der Waals surface area contributed by atoms with Crippen LogP contribution >= 0.6 is 11.3 Å². The number of nitrogens with zero attached hydrogens (tertiary/aromatic N) is 3. The van der Waals surface area contributed by atoms with Crippen LogP contribution in [0.5, 0.6) is 0 Å². The number of aromatic nitrogens is 3. The van der Waals surface area contributed by atoms with Gasteiger partial charge in [-0.3, -0.25) is 0 Å². The summed E-state index contributed by atoms with van der Waals surface area (Å²) in [6.45, 7) is 2.31. The standard InChI is InChI=1S/C56H39N3S/c1-36-26-27-43(38-16-6-3-7-17-38)35-50(36)40-28-30-41(31-29-40)54-57-55(49-24-13-23-48-47-22-10-11-25-51(47)60-53(48)49)59-56(58-54)52-45-21-9-8-18-39(45)32-33-46(52)44-20-12-19-42(34-44)37-14-4-2-5-15-37/h2-25,27-36H,26H2,1H3. The zero-order valence-corrected chi connectivity index (χ0v) is 33.9. The molecule has 2 heterocycles. The maximum atomic E-state index is 5.44. The van der Waals surface area contributed by atoms with E-state index < -0.39 is 0 Å². The molecule has 10 aromatic rings. The maximum Gasteiger partial charge on any atom is 0.165 e. The molecular weight excluding hydrogens is 747 g/mol. The summed E-state index contributed by atoms with van der Waals surface area (Å²) in [6, 6.07) is 67.0. The lowest BCUT2D eigenvalue weighted by atomic mass is 9.83. The van der Waals surface area contributed by atoms with E-state index in [0.29, 0.717) is 23.4 Å². The number of rotatable bonds is 7. The Labute approximate surface area is 353 Å². The van der Waals surface area contributed by atoms with E-state index in [1.54, 1.807) is 11.3 Å². The summed E-state index contributed by atoms with van der Waals surface area (Å²) < 4.78 is 2.42. The molecular formula is C56H39N3S. The Morgan fingerprint density at radius 3 is 1.92 bits per heavy atom. The van der Waals surface area contributed by atoms with Crippen LogP contribution in [0.1, 0.15) is 24.5 Å². The third kappa shape index (κ3) is 6.52. The van der Waals surface area contributed by atoms with E-state index in [2.05, 4.69) is 207 Å². The van der Waals surface area contributed by atoms with Gasteiger partial charge in [-0.2, -0.15) is 0 Å². The normalized spacial score (nSPS) is 14.1. The van der Waals surface area contributed by atoms with E-state index in [4.69, 9.17) is 15.0 Å². The fraction of sp³-hybridized carbons (Fsp3) is 0.0536. The van der Waals surface area contributed by atoms with Gasteiger partial charge in [-0.05, 0) is 85.8 Å². The van der Waals surface area contributed by atoms with Crippen LogP contribution < -0.4 is 0 Å². The molecule has 1 aliphatic rings. The average molecular weight is 786 g/mol. The van der Waals surface area contributed by atoms with Crippen molar-refractivity contribution in [2.45, 2.75) is 13.3 Å². The minimum atomic E-state index is 0.408. The fourth-order valence-electron chi connectivity index (χ4n) is 8.72. The smallest absolute Gasteiger partial charge is 0.165 e. The SMILES string of the molecule is CC1CC=C(c2ccccc2)C=C1c1ccc(-c2nc(-c3c(-c4cccc(-c5ccccc5)c4)ccc4ccccc34)nc(-c3cccc4c3sc3ccccc34)n2)cc1. The Kier molecular flexibility index (Phi) is 9.06. The zero-order valence-electron chi connectivity index (χ0n) is 33.1. The van der Waals surface area contributed by atoms with E-state index in [0.717, 1.165) is 50.6 Å². The Balaban J connectivity index is 1.11. The number of allylic oxidation sites excluding steroid dienone is 4. The van der Waals surface area contributed by atoms with Gasteiger partial charge >= 0.3 is 0 Å². The molecule has 8 aromatic carbocycles. The second-order valence-electron chi connectivity index (χ2n) is 15.6. The van der Waals surface area contributed by atoms with Gasteiger partial charge in [-0.1, -0.05) is 189 Å². The molecule has 0 saturated carbocycles. The molecule has 11 rings (SSSR count). The van der Waals surface area contributed by atoms with E-state index in [1.165, 1.54) is 48.0 Å². The molecule has 3 nitrogen and oxygen atoms in total. The highest BCUT2D eigenvalue weighted by Crippen LogP contribution is 2.43. The fourth-order valence-corrected chi connectivity index (χ4v) is 9.93. The molecule has 4 heteroatoms. The summed E-state index contributed by atoms with van der Waals surface area (Å²) in [5, 5.41) is 4.69. The molecule has 1 atom stereocenters. The highest BCUT2D eigenvalue weighted by molar-refractivity contribution is 7.26. The highest BCUT2D eigenvalue weighted by atomic mass is 32.1. The molecule has 1 unspecified atom stereocenters. The van der Waals surface area contributed by atoms with Crippen LogP contribution in [-0.2, 0) is 0 Å². The molecule has 2 aromatic heterocycles. The molecule has 0 radical (unpaired) electrons. The molecule has 0 amide bonds. The van der Waals surface area contributed by atoms with Crippen molar-refractivity contribution in [3.63, 3.8) is 0 Å². The van der Waals surface area contributed by atoms with Crippen LogP contribution in [0.3, 0.4) is 0 Å². The van der Waals surface area contributed by atoms with Crippen molar-refractivity contribution in [3.8, 4) is 56.4 Å². The molecule has 0 aliphatic heterocycles. The molecule has 0 fully saturated rings. The van der Waals surface area contributed by atoms with Gasteiger partial charge in [-0.15, -0.1) is 11.3 Å². The van der Waals surface area contributed by atoms with Crippen molar-refractivity contribution in [3.05, 3.63) is 211 Å². The lowest BCUT2D eigenvalue weighted by molar-refractivity contribution is 0.761. The van der Waals surface area contributed by atoms with Crippen molar-refractivity contribution in [2.24, 2.45) is 5.92 Å². The summed E-state index contributed by atoms with van der Waals surface area (Å²) >= 11 is 1.79. The molecule has 0 bridgehead atoms. The second-order valence-corrected chi connectivity index (χ2v) is 16.6. The first-order chi connectivity index (χ1) is 29.6. The highest BCUT2D eigenvalue weighted by Gasteiger charge is 2.22. The number of hydrogen-bond acceptors (Lipinski definition) is 4. The molecule has 1 aliphatic carbocycles. The third-order valence-corrected chi connectivity index (χ3v) is 13.1. The monoisotopic (exact) mass is 785 g/mol. The van der Waals surface area contributed by atoms with Crippen molar-refractivity contribution < 1.29 is 0 Å². The van der Waals surface area contributed by atoms with Crippen molar-refractivity contribution in [1.82, 2.24) is 15.0 Å². The van der Waals surface area contributed by atoms with Gasteiger partial charge in [0.15, 0.2) is 17.5 Å². The Bertz CT molecular complexity index is 3290. The van der Waals surface area contributed by atoms with Gasteiger partial charge in [0.2, 0.25) is 0 Å². The zero-order chi connectivity index (χ0) is 40.0. The van der Waals surface area contributed by atoms with Gasteiger partial charge in [0.1, 0.15) is 0 Å². The van der Waals surface area contributed by atoms with Gasteiger partial charge < -0.3 is 0 Å². The van der Waals surface area contributed by atoms with Crippen LogP contribution in [0.25, 0.3) is 98.5 Å². The van der Waals surface area contributed by atoms with Crippen LogP contribution in [0.15, 0.2) is 200 Å². The predicted octanol–water partition coefficient (Wildman–Crippen LogP) is 15.2. The second kappa shape index (κ2) is 15.2. The van der Waals surface area contributed by atoms with Gasteiger partial charge in [0.25, 0.3) is 0 Å². The Morgan fingerprint density at radius 1 is 0.450 bits per heavy atom. The quantitative estimate of drug-likeness (QED) is 0.162. The molecule has 0 N–H and O–H groups in total. The van der Waals surface area contributed by atoms with Crippen molar-refractivity contribution in [2.75, 3.05) is 0 Å². The summed E-state index contributed by atoms with van der Waals surface area (Å²) in [5.41, 5.74) is 12.5. The van der Waals surface area contributed by atoms with Crippen molar-refractivity contribution in [1.29, 1.82) is 0 Å². The van der Waals surface area contributed by atoms with Gasteiger partial charge in [0.05, 0.1) is 0 Å². The number of hydrogen-bond donors (Lipinski definition) is 0. The topological polar surface area (TPSA) is 38.7 Å². The maximum absolute atomic E-state index is 5.44. The minimum Gasteiger partial charge on any atom is -0.208 e. The van der Waals surface area contributed by atoms with E-state index >= 15 is 0 Å². The third-order valence-electron chi connectivity index (χ3n) is 11.8. The first-order valence-electron chi connectivity index (χ1n) is 20.6. The number of thiophene rings is 1. The molecule has 0 saturated heterocycles. The largest absolute Gasteiger partial charge is 0.208 e. The van der Waals surface area contributed by atoms with Gasteiger partial charge in [0, 0.05) is 36.9 Å². The predicted molar refractivity (Wildman–Crippen MR) is 254 cm³/mol. The van der Waals surface area contributed by atoms with Crippen LogP contribution in [0, 0.1) is 5.92 Å². The van der Waals surface area contributed by atoms with Crippen LogP contribution in [0.4, 0.5) is 0 Å². The Morgan fingerprint density at radius 2 is 1.08 bits per heavy atom. The van der Waals surface area contributed by atoms with E-state index in [9.17, 15) is 0 Å². The van der Waals surface area contributed by atoms with Gasteiger partial charge in [-0.25, -0.2) is 15.0 Å². The van der Waals surface area contributed by atoms with Crippen LogP contribution in [-0.4, -0.2) is 15.0 Å². The molecule has 60 heavy (non-hydrogen) atoms. The number of benzene rings is 8. The van der Waals surface area contributed by atoms with E-state index in [-0.39, 0.29) is 0 Å². The average Bonchev–Trinajstić information content (AvgIpc) is 3.71. The molecule has 284 valence electrons. The van der Waals surface area contributed by atoms with Crippen LogP contribution in [0.2, 0.25) is 0 Å². The lowest BCUT2D eigenvalue weighted by Crippen LogP contribution is -2.04. The minimum absolute atomic E-state index is 0.408.